The van der Waals surface area contributed by atoms with Gasteiger partial charge < -0.3 is 4.74 Å². The molecule has 4 nitrogen and oxygen atoms in total. The van der Waals surface area contributed by atoms with Gasteiger partial charge in [-0.05, 0) is 59.0 Å². The molecule has 1 fully saturated rings. The second-order valence-electron chi connectivity index (χ2n) is 4.90. The molecule has 3 rings (SSSR count). The van der Waals surface area contributed by atoms with Gasteiger partial charge in [-0.15, -0.1) is 18.3 Å². The molecular formula is C13H11BrF3N3O. The molecule has 0 saturated heterocycles. The molecule has 0 spiro atoms. The van der Waals surface area contributed by atoms with Gasteiger partial charge in [-0.3, -0.25) is 0 Å². The predicted molar refractivity (Wildman–Crippen MR) is 72.2 cm³/mol. The minimum atomic E-state index is -4.69. The summed E-state index contributed by atoms with van der Waals surface area (Å²) in [5.41, 5.74) is 0.651. The van der Waals surface area contributed by atoms with Crippen LogP contribution in [-0.2, 0) is 6.42 Å². The highest BCUT2D eigenvalue weighted by atomic mass is 79.9. The molecule has 2 aromatic rings. The van der Waals surface area contributed by atoms with Crippen LogP contribution in [0.15, 0.2) is 29.0 Å². The first-order chi connectivity index (χ1) is 9.90. The van der Waals surface area contributed by atoms with Crippen LogP contribution in [0.3, 0.4) is 0 Å². The second-order valence-corrected chi connectivity index (χ2v) is 5.61. The maximum absolute atomic E-state index is 12.1. The number of ether oxygens (including phenoxy) is 1. The molecule has 1 aliphatic carbocycles. The van der Waals surface area contributed by atoms with Crippen LogP contribution in [0.2, 0.25) is 0 Å². The Morgan fingerprint density at radius 2 is 1.90 bits per heavy atom. The highest BCUT2D eigenvalue weighted by molar-refractivity contribution is 9.10. The van der Waals surface area contributed by atoms with Crippen molar-refractivity contribution in [3.63, 3.8) is 0 Å². The van der Waals surface area contributed by atoms with Gasteiger partial charge in [-0.25, -0.2) is 9.67 Å². The summed E-state index contributed by atoms with van der Waals surface area (Å²) in [6.45, 7) is 0. The summed E-state index contributed by atoms with van der Waals surface area (Å²) < 4.78 is 42.3. The van der Waals surface area contributed by atoms with Gasteiger partial charge in [0.1, 0.15) is 11.6 Å². The Hall–Kier alpha value is -1.57. The number of nitrogens with zero attached hydrogens (tertiary/aromatic N) is 3. The molecule has 1 aliphatic rings. The highest BCUT2D eigenvalue weighted by Crippen LogP contribution is 2.33. The molecular weight excluding hydrogens is 351 g/mol. The predicted octanol–water partition coefficient (Wildman–Crippen LogP) is 3.88. The van der Waals surface area contributed by atoms with Crippen LogP contribution in [0, 0.1) is 5.92 Å². The molecule has 0 bridgehead atoms. The number of aromatic nitrogens is 3. The molecule has 8 heteroatoms. The molecule has 0 radical (unpaired) electrons. The smallest absolute Gasteiger partial charge is 0.406 e. The molecule has 0 N–H and O–H groups in total. The van der Waals surface area contributed by atoms with Crippen molar-refractivity contribution >= 4 is 15.9 Å². The largest absolute Gasteiger partial charge is 0.573 e. The third-order valence-electron chi connectivity index (χ3n) is 3.13. The minimum absolute atomic E-state index is 0.255. The van der Waals surface area contributed by atoms with E-state index in [1.165, 1.54) is 37.1 Å². The quantitative estimate of drug-likeness (QED) is 0.829. The van der Waals surface area contributed by atoms with Crippen LogP contribution >= 0.6 is 15.9 Å². The number of halogens is 4. The van der Waals surface area contributed by atoms with Crippen LogP contribution in [0.25, 0.3) is 5.69 Å². The van der Waals surface area contributed by atoms with Crippen LogP contribution in [0.5, 0.6) is 5.75 Å². The maximum Gasteiger partial charge on any atom is 0.573 e. The van der Waals surface area contributed by atoms with E-state index in [2.05, 4.69) is 30.7 Å². The Labute approximate surface area is 127 Å². The number of alkyl halides is 3. The van der Waals surface area contributed by atoms with E-state index in [0.717, 1.165) is 12.2 Å². The van der Waals surface area contributed by atoms with Gasteiger partial charge in [0.15, 0.2) is 0 Å². The summed E-state index contributed by atoms with van der Waals surface area (Å²) in [6, 6.07) is 5.58. The molecule has 1 aromatic heterocycles. The normalized spacial score (nSPS) is 15.2. The standard InChI is InChI=1S/C13H11BrF3N3O/c14-12-18-11(7-8-1-2-8)20(19-12)9-3-5-10(6-4-9)21-13(15,16)17/h3-6,8H,1-2,7H2. The Kier molecular flexibility index (Phi) is 3.64. The van der Waals surface area contributed by atoms with E-state index in [4.69, 9.17) is 0 Å². The van der Waals surface area contributed by atoms with Crippen molar-refractivity contribution in [1.29, 1.82) is 0 Å². The lowest BCUT2D eigenvalue weighted by Gasteiger charge is -2.10. The summed E-state index contributed by atoms with van der Waals surface area (Å²) in [5, 5.41) is 4.23. The van der Waals surface area contributed by atoms with Gasteiger partial charge in [-0.2, -0.15) is 0 Å². The fourth-order valence-electron chi connectivity index (χ4n) is 2.02. The Bertz CT molecular complexity index is 635. The van der Waals surface area contributed by atoms with E-state index in [-0.39, 0.29) is 5.75 Å². The maximum atomic E-state index is 12.1. The zero-order valence-electron chi connectivity index (χ0n) is 10.8. The molecule has 0 aliphatic heterocycles. The summed E-state index contributed by atoms with van der Waals surface area (Å²) in [6.07, 6.45) is -1.50. The van der Waals surface area contributed by atoms with Gasteiger partial charge in [0.25, 0.3) is 0 Å². The molecule has 1 aromatic carbocycles. The topological polar surface area (TPSA) is 39.9 Å². The zero-order valence-corrected chi connectivity index (χ0v) is 12.4. The number of hydrogen-bond donors (Lipinski definition) is 0. The fraction of sp³-hybridized carbons (Fsp3) is 0.385. The lowest BCUT2D eigenvalue weighted by atomic mass is 10.2. The highest BCUT2D eigenvalue weighted by Gasteiger charge is 2.31. The summed E-state index contributed by atoms with van der Waals surface area (Å²) in [7, 11) is 0. The number of benzene rings is 1. The zero-order chi connectivity index (χ0) is 15.0. The first-order valence-corrected chi connectivity index (χ1v) is 7.17. The monoisotopic (exact) mass is 361 g/mol. The van der Waals surface area contributed by atoms with Crippen LogP contribution in [0.1, 0.15) is 18.7 Å². The third-order valence-corrected chi connectivity index (χ3v) is 3.47. The molecule has 1 heterocycles. The molecule has 1 saturated carbocycles. The molecule has 0 atom stereocenters. The average Bonchev–Trinajstić information content (AvgIpc) is 3.11. The van der Waals surface area contributed by atoms with Crippen molar-refractivity contribution in [1.82, 2.24) is 14.8 Å². The summed E-state index contributed by atoms with van der Waals surface area (Å²) >= 11 is 3.23. The molecule has 112 valence electrons. The van der Waals surface area contributed by atoms with E-state index in [0.29, 0.717) is 16.3 Å². The summed E-state index contributed by atoms with van der Waals surface area (Å²) in [5.74, 6) is 1.18. The van der Waals surface area contributed by atoms with Crippen LogP contribution in [-0.4, -0.2) is 21.1 Å². The van der Waals surface area contributed by atoms with Crippen molar-refractivity contribution in [2.75, 3.05) is 0 Å². The van der Waals surface area contributed by atoms with Crippen molar-refractivity contribution in [3.05, 3.63) is 34.8 Å². The molecule has 0 amide bonds. The van der Waals surface area contributed by atoms with Crippen molar-refractivity contribution < 1.29 is 17.9 Å². The van der Waals surface area contributed by atoms with Gasteiger partial charge in [0, 0.05) is 6.42 Å². The molecule has 21 heavy (non-hydrogen) atoms. The van der Waals surface area contributed by atoms with E-state index in [9.17, 15) is 13.2 Å². The average molecular weight is 362 g/mol. The van der Waals surface area contributed by atoms with Crippen molar-refractivity contribution in [2.45, 2.75) is 25.6 Å². The lowest BCUT2D eigenvalue weighted by Crippen LogP contribution is -2.17. The van der Waals surface area contributed by atoms with Gasteiger partial charge in [0.2, 0.25) is 4.73 Å². The van der Waals surface area contributed by atoms with Gasteiger partial charge in [-0.1, -0.05) is 0 Å². The second kappa shape index (κ2) is 5.32. The lowest BCUT2D eigenvalue weighted by molar-refractivity contribution is -0.274. The number of rotatable bonds is 4. The first-order valence-electron chi connectivity index (χ1n) is 6.38. The number of hydrogen-bond acceptors (Lipinski definition) is 3. The summed E-state index contributed by atoms with van der Waals surface area (Å²) in [4.78, 5) is 4.31. The van der Waals surface area contributed by atoms with Gasteiger partial charge in [0.05, 0.1) is 5.69 Å². The third kappa shape index (κ3) is 3.75. The van der Waals surface area contributed by atoms with Crippen molar-refractivity contribution in [2.24, 2.45) is 5.92 Å². The van der Waals surface area contributed by atoms with Crippen molar-refractivity contribution in [3.8, 4) is 11.4 Å². The SMILES string of the molecule is FC(F)(F)Oc1ccc(-n2nc(Br)nc2CC2CC2)cc1. The fourth-order valence-corrected chi connectivity index (χ4v) is 2.39. The van der Waals surface area contributed by atoms with E-state index in [1.807, 2.05) is 0 Å². The van der Waals surface area contributed by atoms with E-state index >= 15 is 0 Å². The van der Waals surface area contributed by atoms with Crippen LogP contribution < -0.4 is 4.74 Å². The van der Waals surface area contributed by atoms with Crippen LogP contribution in [0.4, 0.5) is 13.2 Å². The first kappa shape index (κ1) is 14.4. The Morgan fingerprint density at radius 3 is 2.48 bits per heavy atom. The molecule has 0 unspecified atom stereocenters. The van der Waals surface area contributed by atoms with E-state index < -0.39 is 6.36 Å². The van der Waals surface area contributed by atoms with E-state index in [1.54, 1.807) is 4.68 Å². The Balaban J connectivity index is 1.83. The minimum Gasteiger partial charge on any atom is -0.406 e. The van der Waals surface area contributed by atoms with Gasteiger partial charge >= 0.3 is 6.36 Å². The Morgan fingerprint density at radius 1 is 1.24 bits per heavy atom.